The third-order valence-electron chi connectivity index (χ3n) is 6.33. The average molecular weight is 540 g/mol. The lowest BCUT2D eigenvalue weighted by molar-refractivity contribution is 0.0729. The van der Waals surface area contributed by atoms with Crippen LogP contribution in [0, 0.1) is 5.92 Å². The predicted molar refractivity (Wildman–Crippen MR) is 149 cm³/mol. The van der Waals surface area contributed by atoms with E-state index in [1.807, 2.05) is 48.5 Å². The van der Waals surface area contributed by atoms with E-state index >= 15 is 0 Å². The highest BCUT2D eigenvalue weighted by Crippen LogP contribution is 2.38. The Morgan fingerprint density at radius 2 is 1.73 bits per heavy atom. The van der Waals surface area contributed by atoms with Crippen molar-refractivity contribution in [3.8, 4) is 11.5 Å². The number of fused-ring (bicyclic) bond motifs is 1. The smallest absolute Gasteiger partial charge is 0.255 e. The minimum atomic E-state index is -0.192. The Hall–Kier alpha value is -3.22. The molecular formula is C29H31Cl2N3O3. The molecule has 0 saturated carbocycles. The summed E-state index contributed by atoms with van der Waals surface area (Å²) in [6.45, 7) is 5.68. The van der Waals surface area contributed by atoms with Crippen molar-refractivity contribution in [2.45, 2.75) is 33.4 Å². The summed E-state index contributed by atoms with van der Waals surface area (Å²) in [6.07, 6.45) is 0.835. The van der Waals surface area contributed by atoms with Gasteiger partial charge < -0.3 is 18.9 Å². The van der Waals surface area contributed by atoms with E-state index < -0.39 is 0 Å². The number of hydrogen-bond acceptors (Lipinski definition) is 4. The average Bonchev–Trinajstić information content (AvgIpc) is 3.23. The molecule has 0 N–H and O–H groups in total. The molecule has 4 aromatic rings. The SMILES string of the molecule is COc1ccc(C(=O)N(CCC(C)C)Cc2nc3ccccc3n2Cc2ccccc2Cl)c(Cl)c1OC. The van der Waals surface area contributed by atoms with Gasteiger partial charge in [-0.2, -0.15) is 0 Å². The lowest BCUT2D eigenvalue weighted by atomic mass is 10.1. The summed E-state index contributed by atoms with van der Waals surface area (Å²) < 4.78 is 12.9. The van der Waals surface area contributed by atoms with Crippen LogP contribution in [-0.2, 0) is 13.1 Å². The zero-order chi connectivity index (χ0) is 26.5. The Labute approximate surface area is 227 Å². The van der Waals surface area contributed by atoms with Gasteiger partial charge in [0.25, 0.3) is 5.91 Å². The van der Waals surface area contributed by atoms with Gasteiger partial charge >= 0.3 is 0 Å². The topological polar surface area (TPSA) is 56.6 Å². The Kier molecular flexibility index (Phi) is 8.62. The van der Waals surface area contributed by atoms with Crippen molar-refractivity contribution in [1.82, 2.24) is 14.5 Å². The molecule has 0 aliphatic heterocycles. The first-order valence-corrected chi connectivity index (χ1v) is 13.0. The number of para-hydroxylation sites is 2. The minimum absolute atomic E-state index is 0.192. The van der Waals surface area contributed by atoms with E-state index in [0.29, 0.717) is 47.6 Å². The molecule has 1 heterocycles. The van der Waals surface area contributed by atoms with Crippen molar-refractivity contribution in [3.63, 3.8) is 0 Å². The molecule has 1 amide bonds. The number of nitrogens with zero attached hydrogens (tertiary/aromatic N) is 3. The van der Waals surface area contributed by atoms with Crippen molar-refractivity contribution < 1.29 is 14.3 Å². The summed E-state index contributed by atoms with van der Waals surface area (Å²) in [5.74, 6) is 1.81. The monoisotopic (exact) mass is 539 g/mol. The molecule has 1 aromatic heterocycles. The second-order valence-corrected chi connectivity index (χ2v) is 10.1. The molecule has 194 valence electrons. The van der Waals surface area contributed by atoms with Crippen molar-refractivity contribution in [2.75, 3.05) is 20.8 Å². The Bertz CT molecular complexity index is 1400. The largest absolute Gasteiger partial charge is 0.493 e. The molecule has 3 aromatic carbocycles. The van der Waals surface area contributed by atoms with Gasteiger partial charge in [-0.25, -0.2) is 4.98 Å². The first-order valence-electron chi connectivity index (χ1n) is 12.2. The minimum Gasteiger partial charge on any atom is -0.493 e. The molecule has 0 aliphatic carbocycles. The van der Waals surface area contributed by atoms with Crippen LogP contribution in [0.4, 0.5) is 0 Å². The maximum Gasteiger partial charge on any atom is 0.255 e. The van der Waals surface area contributed by atoms with Gasteiger partial charge in [-0.1, -0.05) is 67.4 Å². The van der Waals surface area contributed by atoms with E-state index in [2.05, 4.69) is 18.4 Å². The predicted octanol–water partition coefficient (Wildman–Crippen LogP) is 7.10. The Morgan fingerprint density at radius 3 is 2.43 bits per heavy atom. The molecule has 0 fully saturated rings. The van der Waals surface area contributed by atoms with E-state index in [4.69, 9.17) is 37.7 Å². The van der Waals surface area contributed by atoms with Crippen LogP contribution in [0.15, 0.2) is 60.7 Å². The second kappa shape index (κ2) is 11.9. The van der Waals surface area contributed by atoms with Crippen LogP contribution >= 0.6 is 23.2 Å². The summed E-state index contributed by atoms with van der Waals surface area (Å²) in [6, 6.07) is 19.1. The lowest BCUT2D eigenvalue weighted by Gasteiger charge is -2.25. The van der Waals surface area contributed by atoms with Gasteiger partial charge in [0, 0.05) is 11.6 Å². The summed E-state index contributed by atoms with van der Waals surface area (Å²) in [5, 5.41) is 0.919. The van der Waals surface area contributed by atoms with Crippen LogP contribution in [0.3, 0.4) is 0 Å². The normalized spacial score (nSPS) is 11.2. The van der Waals surface area contributed by atoms with Crippen molar-refractivity contribution in [1.29, 1.82) is 0 Å². The second-order valence-electron chi connectivity index (χ2n) is 9.27. The highest BCUT2D eigenvalue weighted by atomic mass is 35.5. The molecule has 4 rings (SSSR count). The van der Waals surface area contributed by atoms with Crippen LogP contribution in [0.1, 0.15) is 42.0 Å². The van der Waals surface area contributed by atoms with Gasteiger partial charge in [0.05, 0.1) is 48.9 Å². The van der Waals surface area contributed by atoms with Gasteiger partial charge in [0.15, 0.2) is 11.5 Å². The molecule has 0 spiro atoms. The number of aromatic nitrogens is 2. The first kappa shape index (κ1) is 26.8. The standard InChI is InChI=1S/C29H31Cl2N3O3/c1-19(2)15-16-33(29(35)21-13-14-25(36-3)28(37-4)27(21)31)18-26-32-23-11-7-8-12-24(23)34(26)17-20-9-5-6-10-22(20)30/h5-14,19H,15-18H2,1-4H3. The fourth-order valence-electron chi connectivity index (χ4n) is 4.28. The van der Waals surface area contributed by atoms with E-state index in [9.17, 15) is 4.79 Å². The Balaban J connectivity index is 1.75. The molecule has 0 radical (unpaired) electrons. The molecule has 6 nitrogen and oxygen atoms in total. The number of ether oxygens (including phenoxy) is 2. The fraction of sp³-hybridized carbons (Fsp3) is 0.310. The van der Waals surface area contributed by atoms with E-state index in [1.165, 1.54) is 14.2 Å². The summed E-state index contributed by atoms with van der Waals surface area (Å²) in [7, 11) is 3.04. The molecule has 0 atom stereocenters. The van der Waals surface area contributed by atoms with Crippen LogP contribution < -0.4 is 9.47 Å². The molecular weight excluding hydrogens is 509 g/mol. The van der Waals surface area contributed by atoms with Gasteiger partial charge in [-0.15, -0.1) is 0 Å². The van der Waals surface area contributed by atoms with E-state index in [0.717, 1.165) is 28.8 Å². The molecule has 0 unspecified atom stereocenters. The maximum absolute atomic E-state index is 13.9. The lowest BCUT2D eigenvalue weighted by Crippen LogP contribution is -2.33. The van der Waals surface area contributed by atoms with Crippen molar-refractivity contribution in [2.24, 2.45) is 5.92 Å². The summed E-state index contributed by atoms with van der Waals surface area (Å²) in [5.41, 5.74) is 3.19. The zero-order valence-corrected chi connectivity index (χ0v) is 23.0. The molecule has 8 heteroatoms. The molecule has 0 bridgehead atoms. The highest BCUT2D eigenvalue weighted by Gasteiger charge is 2.25. The van der Waals surface area contributed by atoms with Gasteiger partial charge in [-0.3, -0.25) is 4.79 Å². The fourth-order valence-corrected chi connectivity index (χ4v) is 4.79. The third-order valence-corrected chi connectivity index (χ3v) is 7.08. The number of imidazole rings is 1. The van der Waals surface area contributed by atoms with E-state index in [-0.39, 0.29) is 10.9 Å². The molecule has 0 aliphatic rings. The number of carbonyl (C=O) groups excluding carboxylic acids is 1. The number of hydrogen-bond donors (Lipinski definition) is 0. The van der Waals surface area contributed by atoms with Gasteiger partial charge in [-0.05, 0) is 48.2 Å². The quantitative estimate of drug-likeness (QED) is 0.215. The zero-order valence-electron chi connectivity index (χ0n) is 21.5. The highest BCUT2D eigenvalue weighted by molar-refractivity contribution is 6.35. The van der Waals surface area contributed by atoms with Crippen LogP contribution in [-0.4, -0.2) is 41.1 Å². The van der Waals surface area contributed by atoms with Crippen LogP contribution in [0.2, 0.25) is 10.0 Å². The van der Waals surface area contributed by atoms with Crippen molar-refractivity contribution in [3.05, 3.63) is 87.7 Å². The maximum atomic E-state index is 13.9. The third kappa shape index (κ3) is 5.86. The number of methoxy groups -OCH3 is 2. The number of amides is 1. The number of benzene rings is 3. The van der Waals surface area contributed by atoms with Crippen molar-refractivity contribution >= 4 is 40.1 Å². The Morgan fingerprint density at radius 1 is 1.00 bits per heavy atom. The number of halogens is 2. The summed E-state index contributed by atoms with van der Waals surface area (Å²) >= 11 is 13.1. The van der Waals surface area contributed by atoms with Gasteiger partial charge in [0.2, 0.25) is 0 Å². The van der Waals surface area contributed by atoms with Crippen LogP contribution in [0.25, 0.3) is 11.0 Å². The van der Waals surface area contributed by atoms with E-state index in [1.54, 1.807) is 17.0 Å². The first-order chi connectivity index (χ1) is 17.8. The molecule has 37 heavy (non-hydrogen) atoms. The summed E-state index contributed by atoms with van der Waals surface area (Å²) in [4.78, 5) is 20.6. The van der Waals surface area contributed by atoms with Crippen LogP contribution in [0.5, 0.6) is 11.5 Å². The number of carbonyl (C=O) groups is 1. The number of rotatable bonds is 10. The molecule has 0 saturated heterocycles. The van der Waals surface area contributed by atoms with Gasteiger partial charge in [0.1, 0.15) is 5.82 Å².